The molecule has 1 aliphatic carbocycles. The molecule has 1 aliphatic heterocycles. The maximum Gasteiger partial charge on any atom is 0.337 e. The molecule has 5 nitrogen and oxygen atoms in total. The van der Waals surface area contributed by atoms with Crippen molar-refractivity contribution in [2.75, 3.05) is 6.61 Å². The molecule has 0 radical (unpaired) electrons. The molecule has 0 saturated carbocycles. The van der Waals surface area contributed by atoms with Crippen LogP contribution in [0.4, 0.5) is 5.69 Å². The molecular weight excluding hydrogens is 366 g/mol. The summed E-state index contributed by atoms with van der Waals surface area (Å²) in [6, 6.07) is 14.9. The van der Waals surface area contributed by atoms with Gasteiger partial charge < -0.3 is 14.6 Å². The van der Waals surface area contributed by atoms with Gasteiger partial charge >= 0.3 is 5.97 Å². The standard InChI is InChI=1S/C24H21NO4/c26-24(27)21-12-11-19(18-9-5-2-6-10-18)14-22(21)25-23-16-28-15-20(29-23)13-17-7-3-1-4-8-17/h1-3,5-7,9-12,14-15H,4,8,13,16H2,(H,26,27). The van der Waals surface area contributed by atoms with Crippen LogP contribution in [0.3, 0.4) is 0 Å². The predicted octanol–water partition coefficient (Wildman–Crippen LogP) is 5.64. The molecule has 0 aromatic heterocycles. The van der Waals surface area contributed by atoms with Gasteiger partial charge in [0.25, 0.3) is 0 Å². The fourth-order valence-electron chi connectivity index (χ4n) is 3.32. The van der Waals surface area contributed by atoms with Crippen molar-refractivity contribution < 1.29 is 19.4 Å². The average Bonchev–Trinajstić information content (AvgIpc) is 2.75. The minimum Gasteiger partial charge on any atom is -0.488 e. The molecule has 2 aliphatic rings. The SMILES string of the molecule is O=C(O)c1ccc(-c2ccccc2)cc1N=C1COC=C(CC2=CC=CCC2)O1. The van der Waals surface area contributed by atoms with Crippen LogP contribution in [0.1, 0.15) is 29.6 Å². The van der Waals surface area contributed by atoms with Crippen molar-refractivity contribution >= 4 is 17.6 Å². The fraction of sp³-hybridized carbons (Fsp3) is 0.167. The molecule has 0 bridgehead atoms. The Labute approximate surface area is 169 Å². The second kappa shape index (κ2) is 8.61. The second-order valence-corrected chi connectivity index (χ2v) is 6.87. The van der Waals surface area contributed by atoms with Crippen LogP contribution in [0.2, 0.25) is 0 Å². The average molecular weight is 387 g/mol. The topological polar surface area (TPSA) is 68.1 Å². The lowest BCUT2D eigenvalue weighted by atomic mass is 10.0. The summed E-state index contributed by atoms with van der Waals surface area (Å²) in [7, 11) is 0. The Morgan fingerprint density at radius 2 is 1.97 bits per heavy atom. The van der Waals surface area contributed by atoms with Gasteiger partial charge in [0.2, 0.25) is 5.90 Å². The zero-order chi connectivity index (χ0) is 20.1. The Kier molecular flexibility index (Phi) is 5.56. The number of carbonyl (C=O) groups is 1. The minimum atomic E-state index is -1.03. The van der Waals surface area contributed by atoms with Crippen molar-refractivity contribution in [2.24, 2.45) is 4.99 Å². The van der Waals surface area contributed by atoms with Crippen LogP contribution in [0.5, 0.6) is 0 Å². The van der Waals surface area contributed by atoms with Crippen LogP contribution in [0, 0.1) is 0 Å². The first-order valence-electron chi connectivity index (χ1n) is 9.52. The van der Waals surface area contributed by atoms with Crippen molar-refractivity contribution in [3.05, 3.63) is 89.9 Å². The molecule has 0 saturated heterocycles. The van der Waals surface area contributed by atoms with Crippen LogP contribution in [-0.2, 0) is 9.47 Å². The normalized spacial score (nSPS) is 17.2. The summed E-state index contributed by atoms with van der Waals surface area (Å²) in [5.41, 5.74) is 3.61. The molecule has 0 atom stereocenters. The van der Waals surface area contributed by atoms with E-state index in [-0.39, 0.29) is 12.2 Å². The Bertz CT molecular complexity index is 1030. The summed E-state index contributed by atoms with van der Waals surface area (Å²) in [4.78, 5) is 16.2. The summed E-state index contributed by atoms with van der Waals surface area (Å²) < 4.78 is 11.4. The molecule has 5 heteroatoms. The van der Waals surface area contributed by atoms with Gasteiger partial charge in [-0.3, -0.25) is 0 Å². The number of aliphatic imine (C=N–C) groups is 1. The lowest BCUT2D eigenvalue weighted by Gasteiger charge is -2.19. The highest BCUT2D eigenvalue weighted by molar-refractivity contribution is 5.96. The largest absolute Gasteiger partial charge is 0.488 e. The number of carboxylic acid groups (broad SMARTS) is 1. The van der Waals surface area contributed by atoms with Crippen LogP contribution >= 0.6 is 0 Å². The zero-order valence-electron chi connectivity index (χ0n) is 15.9. The Balaban J connectivity index is 1.60. The number of rotatable bonds is 5. The number of hydrogen-bond acceptors (Lipinski definition) is 4. The van der Waals surface area contributed by atoms with Crippen molar-refractivity contribution in [3.63, 3.8) is 0 Å². The zero-order valence-corrected chi connectivity index (χ0v) is 15.9. The maximum atomic E-state index is 11.7. The van der Waals surface area contributed by atoms with Gasteiger partial charge in [-0.15, -0.1) is 0 Å². The van der Waals surface area contributed by atoms with E-state index in [1.807, 2.05) is 36.4 Å². The van der Waals surface area contributed by atoms with Gasteiger partial charge in [0, 0.05) is 6.42 Å². The lowest BCUT2D eigenvalue weighted by molar-refractivity contribution is 0.0698. The molecular formula is C24H21NO4. The van der Waals surface area contributed by atoms with E-state index in [4.69, 9.17) is 9.47 Å². The van der Waals surface area contributed by atoms with Gasteiger partial charge in [0.15, 0.2) is 6.61 Å². The van der Waals surface area contributed by atoms with E-state index < -0.39 is 5.97 Å². The number of nitrogens with zero attached hydrogens (tertiary/aromatic N) is 1. The number of ether oxygens (including phenoxy) is 2. The number of aromatic carboxylic acids is 1. The summed E-state index contributed by atoms with van der Waals surface area (Å²) in [5.74, 6) is -0.00888. The van der Waals surface area contributed by atoms with E-state index >= 15 is 0 Å². The maximum absolute atomic E-state index is 11.7. The van der Waals surface area contributed by atoms with E-state index in [1.165, 1.54) is 5.57 Å². The van der Waals surface area contributed by atoms with Crippen LogP contribution in [0.25, 0.3) is 11.1 Å². The molecule has 0 unspecified atom stereocenters. The first-order chi connectivity index (χ1) is 14.2. The van der Waals surface area contributed by atoms with E-state index in [1.54, 1.807) is 24.5 Å². The van der Waals surface area contributed by atoms with Gasteiger partial charge in [0.1, 0.15) is 12.0 Å². The molecule has 0 amide bonds. The Morgan fingerprint density at radius 1 is 1.10 bits per heavy atom. The summed E-state index contributed by atoms with van der Waals surface area (Å²) in [6.07, 6.45) is 10.5. The molecule has 29 heavy (non-hydrogen) atoms. The molecule has 146 valence electrons. The summed E-state index contributed by atoms with van der Waals surface area (Å²) >= 11 is 0. The summed E-state index contributed by atoms with van der Waals surface area (Å²) in [6.45, 7) is 0.164. The highest BCUT2D eigenvalue weighted by atomic mass is 16.6. The highest BCUT2D eigenvalue weighted by Crippen LogP contribution is 2.29. The number of benzene rings is 2. The lowest BCUT2D eigenvalue weighted by Crippen LogP contribution is -2.17. The molecule has 1 N–H and O–H groups in total. The third-order valence-electron chi connectivity index (χ3n) is 4.75. The molecule has 2 aromatic rings. The Morgan fingerprint density at radius 3 is 2.72 bits per heavy atom. The quantitative estimate of drug-likeness (QED) is 0.721. The van der Waals surface area contributed by atoms with E-state index in [0.717, 1.165) is 24.0 Å². The van der Waals surface area contributed by atoms with E-state index in [2.05, 4.69) is 17.1 Å². The van der Waals surface area contributed by atoms with Gasteiger partial charge in [-0.05, 0) is 36.1 Å². The molecule has 2 aromatic carbocycles. The minimum absolute atomic E-state index is 0.122. The van der Waals surface area contributed by atoms with Crippen molar-refractivity contribution in [2.45, 2.75) is 19.3 Å². The van der Waals surface area contributed by atoms with E-state index in [9.17, 15) is 9.90 Å². The van der Waals surface area contributed by atoms with Gasteiger partial charge in [-0.2, -0.15) is 0 Å². The first kappa shape index (κ1) is 18.7. The third kappa shape index (κ3) is 4.63. The number of allylic oxidation sites excluding steroid dienone is 4. The monoisotopic (exact) mass is 387 g/mol. The predicted molar refractivity (Wildman–Crippen MR) is 112 cm³/mol. The van der Waals surface area contributed by atoms with Crippen molar-refractivity contribution in [1.82, 2.24) is 0 Å². The first-order valence-corrected chi connectivity index (χ1v) is 9.52. The second-order valence-electron chi connectivity index (χ2n) is 6.87. The van der Waals surface area contributed by atoms with Crippen molar-refractivity contribution in [3.8, 4) is 11.1 Å². The van der Waals surface area contributed by atoms with Crippen molar-refractivity contribution in [1.29, 1.82) is 0 Å². The molecule has 0 fully saturated rings. The fourth-order valence-corrected chi connectivity index (χ4v) is 3.32. The third-order valence-corrected chi connectivity index (χ3v) is 4.75. The highest BCUT2D eigenvalue weighted by Gasteiger charge is 2.17. The van der Waals surface area contributed by atoms with E-state index in [0.29, 0.717) is 23.8 Å². The smallest absolute Gasteiger partial charge is 0.337 e. The number of hydrogen-bond donors (Lipinski definition) is 1. The summed E-state index contributed by atoms with van der Waals surface area (Å²) in [5, 5.41) is 9.56. The van der Waals surface area contributed by atoms with Gasteiger partial charge in [-0.1, -0.05) is 60.2 Å². The van der Waals surface area contributed by atoms with Gasteiger partial charge in [0.05, 0.1) is 11.3 Å². The van der Waals surface area contributed by atoms with Crippen LogP contribution in [0.15, 0.2) is 89.3 Å². The molecule has 1 heterocycles. The molecule has 0 spiro atoms. The van der Waals surface area contributed by atoms with Crippen LogP contribution in [-0.4, -0.2) is 23.6 Å². The van der Waals surface area contributed by atoms with Crippen LogP contribution < -0.4 is 0 Å². The van der Waals surface area contributed by atoms with Gasteiger partial charge in [-0.25, -0.2) is 9.79 Å². The number of carboxylic acids is 1. The Hall–Kier alpha value is -3.60. The molecule has 4 rings (SSSR count).